The fourth-order valence-corrected chi connectivity index (χ4v) is 76.0. The van der Waals surface area contributed by atoms with Crippen LogP contribution < -0.4 is 0 Å². The number of hydrogen-bond acceptors (Lipinski definition) is 8. The third-order valence-corrected chi connectivity index (χ3v) is 61.7. The van der Waals surface area contributed by atoms with E-state index in [1.807, 2.05) is 0 Å². The molecule has 9 N–H and O–H groups in total. The van der Waals surface area contributed by atoms with Gasteiger partial charge in [-0.1, -0.05) is 0 Å². The van der Waals surface area contributed by atoms with Crippen molar-refractivity contribution in [3.8, 4) is 0 Å². The van der Waals surface area contributed by atoms with Crippen LogP contribution in [0.2, 0.25) is 26.6 Å². The van der Waals surface area contributed by atoms with E-state index in [9.17, 15) is 1.41 Å². The molecule has 0 aliphatic heterocycles. The maximum absolute atomic E-state index is 9.39. The largest absolute Gasteiger partial charge is 0.466 e. The summed E-state index contributed by atoms with van der Waals surface area (Å²) in [4.78, 5) is 21.6. The maximum Gasteiger partial charge on any atom is 0.466 e. The summed E-state index contributed by atoms with van der Waals surface area (Å²) in [7, 11) is -4.64. The van der Waals surface area contributed by atoms with Crippen LogP contribution >= 0.6 is 7.82 Å². The molecule has 6 aromatic carbocycles. The predicted molar refractivity (Wildman–Crippen MR) is 329 cm³/mol. The van der Waals surface area contributed by atoms with Crippen molar-refractivity contribution in [2.75, 3.05) is 0 Å². The van der Waals surface area contributed by atoms with Crippen molar-refractivity contribution in [1.29, 1.82) is 0 Å². The van der Waals surface area contributed by atoms with Gasteiger partial charge in [-0.2, -0.15) is 0 Å². The molecule has 1 fully saturated rings. The molecule has 0 atom stereocenters. The van der Waals surface area contributed by atoms with E-state index in [0.29, 0.717) is 0 Å². The summed E-state index contributed by atoms with van der Waals surface area (Å²) >= 11 is -8.23. The minimum absolute atomic E-state index is 0.0900. The van der Waals surface area contributed by atoms with E-state index < -0.39 is 82.0 Å². The molecule has 436 valence electrons. The van der Waals surface area contributed by atoms with Crippen molar-refractivity contribution < 1.29 is 51.3 Å². The molecule has 1 aliphatic rings. The second-order valence-corrected chi connectivity index (χ2v) is 51.6. The average Bonchev–Trinajstić information content (AvgIpc) is 3.39. The van der Waals surface area contributed by atoms with E-state index in [1.165, 1.54) is 33.4 Å². The van der Waals surface area contributed by atoms with E-state index in [4.69, 9.17) is 49.9 Å². The monoisotopic (exact) mass is 1330 g/mol. The van der Waals surface area contributed by atoms with Gasteiger partial charge in [0.15, 0.2) is 0 Å². The second-order valence-electron chi connectivity index (χ2n) is 26.5. The number of aliphatic hydroxyl groups excluding tert-OH is 6. The topological polar surface area (TPSA) is 208 Å². The third kappa shape index (κ3) is 18.9. The third-order valence-electron chi connectivity index (χ3n) is 16.4. The van der Waals surface area contributed by atoms with Gasteiger partial charge in [-0.15, -0.1) is 0 Å². The van der Waals surface area contributed by atoms with Gasteiger partial charge in [-0.05, 0) is 0 Å². The molecule has 0 spiro atoms. The second kappa shape index (κ2) is 27.6. The van der Waals surface area contributed by atoms with E-state index in [-0.39, 0.29) is 32.5 Å². The van der Waals surface area contributed by atoms with Gasteiger partial charge in [-0.25, -0.2) is 4.57 Å². The molecule has 6 aromatic rings. The van der Waals surface area contributed by atoms with Crippen LogP contribution in [0.25, 0.3) is 0 Å². The summed E-state index contributed by atoms with van der Waals surface area (Å²) in [5.41, 5.74) is 7.98. The Morgan fingerprint density at radius 2 is 0.412 bits per heavy atom. The molecule has 0 saturated heterocycles. The zero-order valence-corrected chi connectivity index (χ0v) is 55.9. The maximum atomic E-state index is 9.39. The molecule has 80 heavy (non-hydrogen) atoms. The molecule has 0 radical (unpaired) electrons. The van der Waals surface area contributed by atoms with Crippen LogP contribution in [0.4, 0.5) is 0 Å². The molecule has 0 bridgehead atoms. The molecule has 1 saturated carbocycles. The number of benzene rings is 6. The molecule has 0 amide bonds. The molecule has 0 heterocycles. The van der Waals surface area contributed by atoms with Crippen LogP contribution in [-0.4, -0.2) is 120 Å². The van der Waals surface area contributed by atoms with Crippen molar-refractivity contribution in [2.45, 2.75) is 179 Å². The Morgan fingerprint density at radius 1 is 0.300 bits per heavy atom. The van der Waals surface area contributed by atoms with Crippen LogP contribution in [0.1, 0.15) is 116 Å². The van der Waals surface area contributed by atoms with E-state index >= 15 is 0 Å². The summed E-state index contributed by atoms with van der Waals surface area (Å²) in [6.45, 7) is 30.4. The Balaban J connectivity index is 0.000000592. The minimum atomic E-state index is -4.64. The van der Waals surface area contributed by atoms with Gasteiger partial charge in [0.1, 0.15) is 36.6 Å². The van der Waals surface area contributed by atoms with Gasteiger partial charge in [0.25, 0.3) is 0 Å². The SMILES string of the molecule is CC(C)([CH2][Sn]([CH2]C(C)(C)c1ccccc1)([CH2]C(C)(C)c1ccccc1)[O][Sn]([CH2]C(C)(C)c1ccccc1)([CH2]C(C)(C)c1ccccc1)[CH2]C(C)(C)c1ccccc1)c1ccccc1.O=P(O)(O)O.O[C@H]1[C@H](O)[C@@H](O)[C@H](O)[C@@H](O)[C@H]1O. The standard InChI is InChI=1S/6C10H13.C6H12O6.H3O4P.O.2Sn/c6*1-10(2,3)9-7-5-4-6-8-9;7-1-2(8)4(10)6(12)5(11)3(1)9;1-5(2,3)4;;;/h6*4-8H,1H2,2-3H3;1-12H;(H3,1,2,3,4);;;/t;;;;;;1-,2-,3-,4+,5-,6-;;;;. The van der Waals surface area contributed by atoms with Crippen molar-refractivity contribution in [3.63, 3.8) is 0 Å². The first-order valence-electron chi connectivity index (χ1n) is 27.9. The number of hydrogen-bond donors (Lipinski definition) is 9. The first-order chi connectivity index (χ1) is 37.0. The number of phosphoric acid groups is 1. The van der Waals surface area contributed by atoms with E-state index in [2.05, 4.69) is 265 Å². The van der Waals surface area contributed by atoms with Gasteiger partial charge in [0.05, 0.1) is 0 Å². The van der Waals surface area contributed by atoms with Gasteiger partial charge in [-0.3, -0.25) is 0 Å². The molecular weight excluding hydrogens is 1240 g/mol. The Morgan fingerprint density at radius 3 is 0.525 bits per heavy atom. The van der Waals surface area contributed by atoms with Crippen molar-refractivity contribution >= 4 is 45.4 Å². The Kier molecular flexibility index (Phi) is 23.3. The smallest absolute Gasteiger partial charge is 0.387 e. The summed E-state index contributed by atoms with van der Waals surface area (Å²) in [5.74, 6) is 0. The summed E-state index contributed by atoms with van der Waals surface area (Å²) in [6, 6.07) is 68.6. The predicted octanol–water partition coefficient (Wildman–Crippen LogP) is 12.0. The molecular formula is C66H93O11PSn2. The number of rotatable bonds is 20. The van der Waals surface area contributed by atoms with Gasteiger partial charge >= 0.3 is 404 Å². The Hall–Kier alpha value is -3.25. The fourth-order valence-electron chi connectivity index (χ4n) is 13.0. The Bertz CT molecular complexity index is 2340. The molecule has 1 aliphatic carbocycles. The number of aliphatic hydroxyl groups is 6. The average molecular weight is 1330 g/mol. The van der Waals surface area contributed by atoms with Gasteiger partial charge in [0.2, 0.25) is 0 Å². The van der Waals surface area contributed by atoms with Gasteiger partial charge in [0, 0.05) is 0 Å². The summed E-state index contributed by atoms with van der Waals surface area (Å²) in [6.07, 6.45) is -9.84. The van der Waals surface area contributed by atoms with Crippen LogP contribution in [-0.2, 0) is 38.5 Å². The van der Waals surface area contributed by atoms with E-state index in [1.54, 1.807) is 0 Å². The van der Waals surface area contributed by atoms with Crippen molar-refractivity contribution in [3.05, 3.63) is 215 Å². The van der Waals surface area contributed by atoms with Gasteiger partial charge < -0.3 is 45.3 Å². The van der Waals surface area contributed by atoms with Crippen molar-refractivity contribution in [1.82, 2.24) is 0 Å². The first-order valence-corrected chi connectivity index (χ1v) is 44.0. The molecule has 14 heteroatoms. The molecule has 11 nitrogen and oxygen atoms in total. The van der Waals surface area contributed by atoms with Crippen LogP contribution in [0, 0.1) is 0 Å². The zero-order chi connectivity index (χ0) is 59.6. The zero-order valence-electron chi connectivity index (χ0n) is 49.3. The first kappa shape index (κ1) is 67.5. The summed E-state index contributed by atoms with van der Waals surface area (Å²) in [5, 5.41) is 53.8. The van der Waals surface area contributed by atoms with Crippen LogP contribution in [0.5, 0.6) is 0 Å². The summed E-state index contributed by atoms with van der Waals surface area (Å²) < 4.78 is 24.9. The molecule has 7 rings (SSSR count). The van der Waals surface area contributed by atoms with E-state index in [0.717, 1.165) is 26.6 Å². The minimum Gasteiger partial charge on any atom is -0.387 e. The molecule has 0 aromatic heterocycles. The fraction of sp³-hybridized carbons (Fsp3) is 0.455. The van der Waals surface area contributed by atoms with Crippen LogP contribution in [0.15, 0.2) is 182 Å². The molecule has 0 unspecified atom stereocenters. The Labute approximate surface area is 487 Å². The van der Waals surface area contributed by atoms with Crippen LogP contribution in [0.3, 0.4) is 0 Å². The normalized spacial score (nSPS) is 19.7. The van der Waals surface area contributed by atoms with Crippen molar-refractivity contribution in [2.24, 2.45) is 0 Å². The quantitative estimate of drug-likeness (QED) is 0.0259.